The summed E-state index contributed by atoms with van der Waals surface area (Å²) >= 11 is 0. The zero-order chi connectivity index (χ0) is 15.0. The summed E-state index contributed by atoms with van der Waals surface area (Å²) in [7, 11) is 1.46. The number of benzene rings is 1. The molecule has 0 radical (unpaired) electrons. The highest BCUT2D eigenvalue weighted by molar-refractivity contribution is 6.05. The van der Waals surface area contributed by atoms with Crippen LogP contribution in [0.25, 0.3) is 21.9 Å². The number of hydrogen-bond acceptors (Lipinski definition) is 5. The Morgan fingerprint density at radius 3 is 2.81 bits per heavy atom. The van der Waals surface area contributed by atoms with Gasteiger partial charge in [0.15, 0.2) is 6.29 Å². The van der Waals surface area contributed by atoms with Crippen molar-refractivity contribution in [2.24, 2.45) is 0 Å². The van der Waals surface area contributed by atoms with Crippen LogP contribution in [-0.2, 0) is 6.42 Å². The monoisotopic (exact) mass is 284 g/mol. The summed E-state index contributed by atoms with van der Waals surface area (Å²) in [6.45, 7) is 3.70. The van der Waals surface area contributed by atoms with Gasteiger partial charge in [0.2, 0.25) is 5.43 Å². The molecule has 0 bridgehead atoms. The highest BCUT2D eigenvalue weighted by Crippen LogP contribution is 2.37. The van der Waals surface area contributed by atoms with Gasteiger partial charge in [-0.05, 0) is 12.5 Å². The van der Waals surface area contributed by atoms with Crippen LogP contribution in [0.5, 0.6) is 5.75 Å². The lowest BCUT2D eigenvalue weighted by molar-refractivity contribution is 0.112. The second kappa shape index (κ2) is 4.94. The van der Waals surface area contributed by atoms with Gasteiger partial charge in [0.1, 0.15) is 28.6 Å². The lowest BCUT2D eigenvalue weighted by Crippen LogP contribution is -2.10. The van der Waals surface area contributed by atoms with Crippen molar-refractivity contribution in [3.8, 4) is 5.75 Å². The minimum atomic E-state index is -0.420. The van der Waals surface area contributed by atoms with Crippen molar-refractivity contribution in [1.29, 1.82) is 0 Å². The third kappa shape index (κ3) is 1.78. The number of aldehydes is 1. The van der Waals surface area contributed by atoms with Crippen LogP contribution in [0.2, 0.25) is 0 Å². The second-order valence-corrected chi connectivity index (χ2v) is 4.51. The molecule has 0 spiro atoms. The molecule has 0 saturated carbocycles. The number of carbonyl (C=O) groups is 1. The number of fused-ring (bicyclic) bond motifs is 2. The van der Waals surface area contributed by atoms with E-state index in [0.29, 0.717) is 40.6 Å². The molecular weight excluding hydrogens is 272 g/mol. The lowest BCUT2D eigenvalue weighted by Gasteiger charge is -2.10. The Bertz CT molecular complexity index is 914. The predicted molar refractivity (Wildman–Crippen MR) is 78.1 cm³/mol. The first-order chi connectivity index (χ1) is 10.2. The van der Waals surface area contributed by atoms with Crippen LogP contribution in [0.15, 0.2) is 44.9 Å². The number of carbonyl (C=O) groups excluding carboxylic acids is 1. The van der Waals surface area contributed by atoms with E-state index in [4.69, 9.17) is 13.6 Å². The summed E-state index contributed by atoms with van der Waals surface area (Å²) in [4.78, 5) is 23.4. The van der Waals surface area contributed by atoms with Gasteiger partial charge in [0, 0.05) is 5.56 Å². The van der Waals surface area contributed by atoms with Crippen LogP contribution in [0.4, 0.5) is 0 Å². The zero-order valence-corrected chi connectivity index (χ0v) is 11.3. The van der Waals surface area contributed by atoms with Crippen molar-refractivity contribution >= 4 is 28.2 Å². The Hall–Kier alpha value is -2.82. The number of rotatable bonds is 4. The van der Waals surface area contributed by atoms with Crippen molar-refractivity contribution in [1.82, 2.24) is 0 Å². The molecule has 0 fully saturated rings. The molecule has 0 amide bonds. The van der Waals surface area contributed by atoms with Crippen molar-refractivity contribution in [2.45, 2.75) is 6.42 Å². The number of ether oxygens (including phenoxy) is 1. The van der Waals surface area contributed by atoms with E-state index in [1.807, 2.05) is 0 Å². The van der Waals surface area contributed by atoms with Crippen LogP contribution in [0.1, 0.15) is 15.9 Å². The first-order valence-corrected chi connectivity index (χ1v) is 6.30. The molecule has 21 heavy (non-hydrogen) atoms. The normalized spacial score (nSPS) is 10.9. The third-order valence-corrected chi connectivity index (χ3v) is 3.38. The van der Waals surface area contributed by atoms with Crippen molar-refractivity contribution in [2.75, 3.05) is 7.11 Å². The standard InChI is InChI=1S/C16H12O5/c1-3-4-10-14-11(5-6-20-14)15(19-2)12-13(18)9(7-17)8-21-16(10)12/h3,5-8H,1,4H2,2H3. The molecule has 2 heterocycles. The Morgan fingerprint density at radius 1 is 1.33 bits per heavy atom. The van der Waals surface area contributed by atoms with Gasteiger partial charge in [0.25, 0.3) is 0 Å². The highest BCUT2D eigenvalue weighted by atomic mass is 16.5. The summed E-state index contributed by atoms with van der Waals surface area (Å²) in [5.41, 5.74) is 1.17. The summed E-state index contributed by atoms with van der Waals surface area (Å²) in [6, 6.07) is 1.72. The maximum Gasteiger partial charge on any atom is 0.206 e. The smallest absolute Gasteiger partial charge is 0.206 e. The topological polar surface area (TPSA) is 69.7 Å². The molecule has 1 aromatic carbocycles. The zero-order valence-electron chi connectivity index (χ0n) is 11.3. The van der Waals surface area contributed by atoms with E-state index in [1.165, 1.54) is 13.4 Å². The molecule has 0 atom stereocenters. The van der Waals surface area contributed by atoms with Crippen molar-refractivity contribution in [3.05, 3.63) is 52.6 Å². The number of allylic oxidation sites excluding steroid dienone is 1. The van der Waals surface area contributed by atoms with E-state index >= 15 is 0 Å². The molecular formula is C16H12O5. The molecule has 0 aliphatic carbocycles. The fourth-order valence-electron chi connectivity index (χ4n) is 2.49. The molecule has 0 saturated heterocycles. The number of methoxy groups -OCH3 is 1. The average molecular weight is 284 g/mol. The Kier molecular flexibility index (Phi) is 3.10. The minimum absolute atomic E-state index is 0.0480. The maximum absolute atomic E-state index is 12.4. The summed E-state index contributed by atoms with van der Waals surface area (Å²) in [5.74, 6) is 0.346. The first-order valence-electron chi connectivity index (χ1n) is 6.30. The predicted octanol–water partition coefficient (Wildman–Crippen LogP) is 3.09. The molecule has 0 aliphatic rings. The molecule has 3 aromatic rings. The fourth-order valence-corrected chi connectivity index (χ4v) is 2.49. The van der Waals surface area contributed by atoms with E-state index in [0.717, 1.165) is 6.26 Å². The molecule has 106 valence electrons. The van der Waals surface area contributed by atoms with Crippen LogP contribution >= 0.6 is 0 Å². The molecule has 5 heteroatoms. The van der Waals surface area contributed by atoms with Crippen LogP contribution in [0.3, 0.4) is 0 Å². The van der Waals surface area contributed by atoms with Crippen molar-refractivity contribution in [3.63, 3.8) is 0 Å². The van der Waals surface area contributed by atoms with E-state index in [-0.39, 0.29) is 10.9 Å². The Balaban J connectivity index is 2.63. The van der Waals surface area contributed by atoms with Gasteiger partial charge < -0.3 is 13.6 Å². The van der Waals surface area contributed by atoms with Crippen molar-refractivity contribution < 1.29 is 18.4 Å². The molecule has 0 unspecified atom stereocenters. The van der Waals surface area contributed by atoms with E-state index < -0.39 is 5.43 Å². The quantitative estimate of drug-likeness (QED) is 0.544. The molecule has 3 rings (SSSR count). The van der Waals surface area contributed by atoms with Gasteiger partial charge in [-0.1, -0.05) is 6.08 Å². The molecule has 0 aliphatic heterocycles. The highest BCUT2D eigenvalue weighted by Gasteiger charge is 2.21. The molecule has 5 nitrogen and oxygen atoms in total. The third-order valence-electron chi connectivity index (χ3n) is 3.38. The van der Waals surface area contributed by atoms with E-state index in [1.54, 1.807) is 12.1 Å². The Labute approximate surface area is 119 Å². The van der Waals surface area contributed by atoms with Gasteiger partial charge in [-0.15, -0.1) is 6.58 Å². The van der Waals surface area contributed by atoms with E-state index in [9.17, 15) is 9.59 Å². The van der Waals surface area contributed by atoms with Gasteiger partial charge in [-0.3, -0.25) is 9.59 Å². The molecule has 0 N–H and O–H groups in total. The largest absolute Gasteiger partial charge is 0.495 e. The summed E-state index contributed by atoms with van der Waals surface area (Å²) in [6.07, 6.45) is 5.30. The lowest BCUT2D eigenvalue weighted by atomic mass is 10.0. The summed E-state index contributed by atoms with van der Waals surface area (Å²) < 4.78 is 16.3. The van der Waals surface area contributed by atoms with Crippen LogP contribution in [-0.4, -0.2) is 13.4 Å². The van der Waals surface area contributed by atoms with Gasteiger partial charge >= 0.3 is 0 Å². The van der Waals surface area contributed by atoms with E-state index in [2.05, 4.69) is 6.58 Å². The van der Waals surface area contributed by atoms with Gasteiger partial charge in [-0.25, -0.2) is 0 Å². The first kappa shape index (κ1) is 13.2. The fraction of sp³-hybridized carbons (Fsp3) is 0.125. The summed E-state index contributed by atoms with van der Waals surface area (Å²) in [5, 5.41) is 0.907. The van der Waals surface area contributed by atoms with Gasteiger partial charge in [-0.2, -0.15) is 0 Å². The van der Waals surface area contributed by atoms with Gasteiger partial charge in [0.05, 0.1) is 24.3 Å². The number of hydrogen-bond donors (Lipinski definition) is 0. The number of furan rings is 1. The average Bonchev–Trinajstić information content (AvgIpc) is 2.97. The second-order valence-electron chi connectivity index (χ2n) is 4.51. The SMILES string of the molecule is C=CCc1c2occc2c(OC)c2c(=O)c(C=O)coc12. The minimum Gasteiger partial charge on any atom is -0.495 e. The maximum atomic E-state index is 12.4. The van der Waals surface area contributed by atoms with Crippen LogP contribution < -0.4 is 10.2 Å². The van der Waals surface area contributed by atoms with Crippen LogP contribution in [0, 0.1) is 0 Å². The molecule has 2 aromatic heterocycles. The Morgan fingerprint density at radius 2 is 2.14 bits per heavy atom.